The zero-order valence-electron chi connectivity index (χ0n) is 32.2. The van der Waals surface area contributed by atoms with Gasteiger partial charge >= 0.3 is 5.97 Å². The summed E-state index contributed by atoms with van der Waals surface area (Å²) in [5, 5.41) is 20.9. The first-order valence-electron chi connectivity index (χ1n) is 18.5. The van der Waals surface area contributed by atoms with Gasteiger partial charge in [-0.15, -0.1) is 11.8 Å². The number of halogens is 2. The summed E-state index contributed by atoms with van der Waals surface area (Å²) in [6, 6.07) is 11.3. The maximum absolute atomic E-state index is 15.0. The van der Waals surface area contributed by atoms with Crippen molar-refractivity contribution in [1.29, 1.82) is 0 Å². The average molecular weight is 813 g/mol. The van der Waals surface area contributed by atoms with E-state index in [0.717, 1.165) is 40.4 Å². The normalized spacial score (nSPS) is 16.0. The lowest BCUT2D eigenvalue weighted by Crippen LogP contribution is -2.47. The van der Waals surface area contributed by atoms with E-state index in [1.807, 2.05) is 55.7 Å². The van der Waals surface area contributed by atoms with Gasteiger partial charge in [0.2, 0.25) is 23.6 Å². The molecule has 0 radical (unpaired) electrons. The van der Waals surface area contributed by atoms with E-state index in [9.17, 15) is 38.3 Å². The number of carboxylic acid groups (broad SMARTS) is 1. The van der Waals surface area contributed by atoms with Crippen molar-refractivity contribution < 1.29 is 47.8 Å². The van der Waals surface area contributed by atoms with Gasteiger partial charge in [-0.3, -0.25) is 33.7 Å². The number of carboxylic acids is 1. The Labute approximate surface area is 333 Å². The number of aliphatic carboxylic acids is 1. The maximum atomic E-state index is 15.0. The highest BCUT2D eigenvalue weighted by Gasteiger charge is 2.40. The molecule has 14 nitrogen and oxygen atoms in total. The number of rotatable bonds is 20. The number of hydrogen-bond acceptors (Lipinski definition) is 10. The van der Waals surface area contributed by atoms with E-state index in [1.165, 1.54) is 4.90 Å². The summed E-state index contributed by atoms with van der Waals surface area (Å²) in [5.74, 6) is -5.25. The van der Waals surface area contributed by atoms with Crippen LogP contribution in [0.15, 0.2) is 60.8 Å². The SMILES string of the molecule is CC(C)(C)[C@H](c1cc(-c2cc(F)ccc2F)cn1Cc1ccccc1)N(CC[C@H](N)C(=O)NCCCC(=O)CN1C(=O)CC(SC[C@H](N)C(=O)O)C1=O)C(=O)CO. The Bertz CT molecular complexity index is 1940. The number of carbonyl (C=O) groups is 6. The molecule has 4 rings (SSSR count). The summed E-state index contributed by atoms with van der Waals surface area (Å²) in [5.41, 5.74) is 13.0. The van der Waals surface area contributed by atoms with Crippen molar-refractivity contribution in [3.63, 3.8) is 0 Å². The lowest BCUT2D eigenvalue weighted by molar-refractivity contribution is -0.142. The number of Topliss-reactive ketones (excluding diaryl/α,β-unsaturated/α-hetero) is 1. The quantitative estimate of drug-likeness (QED) is 0.0826. The molecular weight excluding hydrogens is 763 g/mol. The molecule has 1 aliphatic rings. The third kappa shape index (κ3) is 12.0. The van der Waals surface area contributed by atoms with Crippen molar-refractivity contribution in [2.24, 2.45) is 16.9 Å². The van der Waals surface area contributed by atoms with E-state index in [1.54, 1.807) is 12.3 Å². The van der Waals surface area contributed by atoms with E-state index >= 15 is 4.39 Å². The number of imide groups is 1. The zero-order chi connectivity index (χ0) is 42.0. The molecule has 57 heavy (non-hydrogen) atoms. The highest BCUT2D eigenvalue weighted by atomic mass is 32.2. The van der Waals surface area contributed by atoms with Crippen LogP contribution in [0.3, 0.4) is 0 Å². The number of thioether (sulfide) groups is 1. The van der Waals surface area contributed by atoms with Crippen molar-refractivity contribution in [3.8, 4) is 11.1 Å². The van der Waals surface area contributed by atoms with Crippen LogP contribution in [0.25, 0.3) is 11.1 Å². The number of ketones is 1. The fourth-order valence-corrected chi connectivity index (χ4v) is 7.75. The molecule has 7 N–H and O–H groups in total. The minimum atomic E-state index is -1.23. The van der Waals surface area contributed by atoms with E-state index in [-0.39, 0.29) is 50.1 Å². The summed E-state index contributed by atoms with van der Waals surface area (Å²) < 4.78 is 31.2. The Morgan fingerprint density at radius 2 is 1.74 bits per heavy atom. The maximum Gasteiger partial charge on any atom is 0.321 e. The van der Waals surface area contributed by atoms with Gasteiger partial charge in [0.15, 0.2) is 5.78 Å². The largest absolute Gasteiger partial charge is 0.480 e. The molecule has 1 unspecified atom stereocenters. The monoisotopic (exact) mass is 812 g/mol. The number of carbonyl (C=O) groups excluding carboxylic acids is 5. The molecular formula is C40H50F2N6O8S. The Hall–Kier alpha value is -4.97. The van der Waals surface area contributed by atoms with E-state index in [2.05, 4.69) is 5.32 Å². The highest BCUT2D eigenvalue weighted by molar-refractivity contribution is 8.00. The fraction of sp³-hybridized carbons (Fsp3) is 0.450. The molecule has 0 saturated carbocycles. The number of aliphatic hydroxyl groups is 1. The summed E-state index contributed by atoms with van der Waals surface area (Å²) in [6.45, 7) is 4.77. The summed E-state index contributed by atoms with van der Waals surface area (Å²) >= 11 is 0.954. The van der Waals surface area contributed by atoms with Crippen molar-refractivity contribution in [1.82, 2.24) is 19.7 Å². The molecule has 17 heteroatoms. The lowest BCUT2D eigenvalue weighted by atomic mass is 9.82. The van der Waals surface area contributed by atoms with Gasteiger partial charge < -0.3 is 36.5 Å². The van der Waals surface area contributed by atoms with Gasteiger partial charge in [-0.1, -0.05) is 51.1 Å². The van der Waals surface area contributed by atoms with Crippen LogP contribution >= 0.6 is 11.8 Å². The van der Waals surface area contributed by atoms with Crippen molar-refractivity contribution >= 4 is 47.1 Å². The van der Waals surface area contributed by atoms with Gasteiger partial charge in [0.25, 0.3) is 0 Å². The predicted octanol–water partition coefficient (Wildman–Crippen LogP) is 2.85. The van der Waals surface area contributed by atoms with Gasteiger partial charge in [0.1, 0.15) is 24.3 Å². The second-order valence-corrected chi connectivity index (χ2v) is 16.3. The van der Waals surface area contributed by atoms with Crippen LogP contribution in [0.4, 0.5) is 8.78 Å². The van der Waals surface area contributed by atoms with E-state index < -0.39 is 89.0 Å². The molecule has 4 atom stereocenters. The first kappa shape index (κ1) is 44.7. The number of aromatic nitrogens is 1. The lowest BCUT2D eigenvalue weighted by Gasteiger charge is -2.41. The van der Waals surface area contributed by atoms with Crippen molar-refractivity contribution in [2.45, 2.75) is 76.4 Å². The minimum Gasteiger partial charge on any atom is -0.480 e. The van der Waals surface area contributed by atoms with Crippen molar-refractivity contribution in [2.75, 3.05) is 32.0 Å². The number of nitrogens with zero attached hydrogens (tertiary/aromatic N) is 3. The number of likely N-dealkylation sites (tertiary alicyclic amines) is 1. The van der Waals surface area contributed by atoms with Gasteiger partial charge in [-0.2, -0.15) is 0 Å². The van der Waals surface area contributed by atoms with Crippen LogP contribution in [-0.4, -0.2) is 109 Å². The zero-order valence-corrected chi connectivity index (χ0v) is 33.0. The fourth-order valence-electron chi connectivity index (χ4n) is 6.63. The predicted molar refractivity (Wildman–Crippen MR) is 209 cm³/mol. The van der Waals surface area contributed by atoms with Crippen LogP contribution in [-0.2, 0) is 35.3 Å². The number of nitrogens with two attached hydrogens (primary N) is 2. The molecule has 308 valence electrons. The van der Waals surface area contributed by atoms with E-state index in [0.29, 0.717) is 17.8 Å². The van der Waals surface area contributed by atoms with Crippen LogP contribution in [0.5, 0.6) is 0 Å². The highest BCUT2D eigenvalue weighted by Crippen LogP contribution is 2.41. The summed E-state index contributed by atoms with van der Waals surface area (Å²) in [4.78, 5) is 77.4. The number of amides is 4. The third-order valence-electron chi connectivity index (χ3n) is 9.51. The number of nitrogens with one attached hydrogen (secondary N) is 1. The first-order valence-corrected chi connectivity index (χ1v) is 19.5. The Morgan fingerprint density at radius 3 is 2.39 bits per heavy atom. The molecule has 1 fully saturated rings. The van der Waals surface area contributed by atoms with E-state index in [4.69, 9.17) is 16.6 Å². The molecule has 1 aromatic heterocycles. The van der Waals surface area contributed by atoms with Gasteiger partial charge in [-0.05, 0) is 48.1 Å². The van der Waals surface area contributed by atoms with Crippen LogP contribution in [0.2, 0.25) is 0 Å². The molecule has 2 aromatic carbocycles. The van der Waals surface area contributed by atoms with Gasteiger partial charge in [0.05, 0.1) is 23.9 Å². The van der Waals surface area contributed by atoms with Gasteiger partial charge in [-0.25, -0.2) is 8.78 Å². The van der Waals surface area contributed by atoms with Crippen LogP contribution in [0.1, 0.15) is 63.8 Å². The molecule has 3 aromatic rings. The topological polar surface area (TPSA) is 218 Å². The number of aliphatic hydroxyl groups excluding tert-OH is 1. The minimum absolute atomic E-state index is 0.0103. The summed E-state index contributed by atoms with van der Waals surface area (Å²) in [7, 11) is 0. The molecule has 0 spiro atoms. The first-order chi connectivity index (χ1) is 26.9. The number of hydrogen-bond donors (Lipinski definition) is 5. The molecule has 2 heterocycles. The second kappa shape index (κ2) is 19.9. The Kier molecular flexibility index (Phi) is 15.7. The van der Waals surface area contributed by atoms with Crippen LogP contribution in [0, 0.1) is 17.0 Å². The average Bonchev–Trinajstić information content (AvgIpc) is 3.68. The second-order valence-electron chi connectivity index (χ2n) is 15.0. The molecule has 0 aliphatic carbocycles. The Morgan fingerprint density at radius 1 is 1.04 bits per heavy atom. The van der Waals surface area contributed by atoms with Gasteiger partial charge in [0, 0.05) is 61.2 Å². The van der Waals surface area contributed by atoms with Crippen molar-refractivity contribution in [3.05, 3.63) is 83.7 Å². The molecule has 1 saturated heterocycles. The Balaban J connectivity index is 1.40. The smallest absolute Gasteiger partial charge is 0.321 e. The molecule has 1 aliphatic heterocycles. The summed E-state index contributed by atoms with van der Waals surface area (Å²) in [6.07, 6.45) is 1.66. The number of benzene rings is 2. The standard InChI is InChI=1S/C40H50F2N6O8S/c1-40(2,3)36(32-16-25(28-17-26(41)11-12-29(28)42)20-46(32)19-24-8-5-4-6-9-24)47(35(52)22-49)15-13-30(43)37(53)45-14-7-10-27(50)21-48-34(51)18-33(38(48)54)57-23-31(44)39(55)56/h4-6,8-9,11-12,16-17,20,30-31,33,36,49H,7,10,13-15,18-19,21-23,43-44H2,1-3H3,(H,45,53)(H,55,56)/t30-,31-,33?,36-/m0/s1. The third-order valence-corrected chi connectivity index (χ3v) is 10.8. The molecule has 4 amide bonds. The molecule has 0 bridgehead atoms. The van der Waals surface area contributed by atoms with Crippen LogP contribution < -0.4 is 16.8 Å².